The molecule has 0 bridgehead atoms. The molecule has 0 atom stereocenters. The molecule has 1 aromatic rings. The molecule has 0 saturated carbocycles. The van der Waals surface area contributed by atoms with Gasteiger partial charge in [-0.2, -0.15) is 13.2 Å². The van der Waals surface area contributed by atoms with E-state index in [9.17, 15) is 26.4 Å². The van der Waals surface area contributed by atoms with Crippen LogP contribution in [0.25, 0.3) is 0 Å². The molecule has 0 radical (unpaired) electrons. The minimum Gasteiger partial charge on any atom is -0.353 e. The Morgan fingerprint density at radius 3 is 2.38 bits per heavy atom. The Bertz CT molecular complexity index is 675. The van der Waals surface area contributed by atoms with E-state index in [2.05, 4.69) is 5.32 Å². The number of nitrogens with one attached hydrogen (secondary N) is 1. The number of nitrogens with zero attached hydrogens (tertiary/aromatic N) is 2. The Morgan fingerprint density at radius 1 is 1.25 bits per heavy atom. The van der Waals surface area contributed by atoms with E-state index in [1.54, 1.807) is 14.1 Å². The lowest BCUT2D eigenvalue weighted by Gasteiger charge is -2.23. The summed E-state index contributed by atoms with van der Waals surface area (Å²) in [6, 6.07) is 3.85. The summed E-state index contributed by atoms with van der Waals surface area (Å²) in [6.07, 6.45) is -3.77. The molecule has 1 amide bonds. The number of rotatable bonds is 7. The van der Waals surface area contributed by atoms with Gasteiger partial charge in [0.15, 0.2) is 0 Å². The van der Waals surface area contributed by atoms with Crippen LogP contribution in [0.2, 0.25) is 0 Å². The number of carbonyl (C=O) groups excluding carboxylic acids is 1. The molecule has 136 valence electrons. The second kappa shape index (κ2) is 7.84. The monoisotopic (exact) mass is 367 g/mol. The summed E-state index contributed by atoms with van der Waals surface area (Å²) in [4.78, 5) is 13.7. The summed E-state index contributed by atoms with van der Waals surface area (Å²) in [7, 11) is -0.316. The van der Waals surface area contributed by atoms with Crippen molar-refractivity contribution in [3.8, 4) is 0 Å². The second-order valence-electron chi connectivity index (χ2n) is 5.47. The first-order chi connectivity index (χ1) is 10.9. The molecule has 0 aliphatic carbocycles. The smallest absolute Gasteiger partial charge is 0.353 e. The van der Waals surface area contributed by atoms with Crippen LogP contribution in [0.4, 0.5) is 18.9 Å². The number of anilines is 1. The molecule has 10 heteroatoms. The van der Waals surface area contributed by atoms with Gasteiger partial charge in [-0.15, -0.1) is 0 Å². The predicted octanol–water partition coefficient (Wildman–Crippen LogP) is 1.15. The van der Waals surface area contributed by atoms with Crippen LogP contribution in [0.5, 0.6) is 0 Å². The number of sulfonamides is 1. The number of hydrogen-bond acceptors (Lipinski definition) is 4. The van der Waals surface area contributed by atoms with E-state index in [-0.39, 0.29) is 5.69 Å². The minimum atomic E-state index is -4.60. The van der Waals surface area contributed by atoms with E-state index < -0.39 is 34.2 Å². The van der Waals surface area contributed by atoms with E-state index in [4.69, 9.17) is 0 Å². The first-order valence-corrected chi connectivity index (χ1v) is 8.82. The number of benzene rings is 1. The molecule has 0 unspecified atom stereocenters. The minimum absolute atomic E-state index is 0.213. The molecule has 24 heavy (non-hydrogen) atoms. The van der Waals surface area contributed by atoms with Crippen molar-refractivity contribution in [1.29, 1.82) is 0 Å². The number of amides is 1. The van der Waals surface area contributed by atoms with E-state index in [0.29, 0.717) is 23.5 Å². The van der Waals surface area contributed by atoms with Gasteiger partial charge in [-0.1, -0.05) is 6.07 Å². The molecule has 0 aliphatic rings. The third kappa shape index (κ3) is 6.36. The van der Waals surface area contributed by atoms with Crippen molar-refractivity contribution in [2.45, 2.75) is 6.18 Å². The third-order valence-corrected chi connectivity index (χ3v) is 4.17. The van der Waals surface area contributed by atoms with Gasteiger partial charge in [-0.05, 0) is 32.3 Å². The van der Waals surface area contributed by atoms with E-state index >= 15 is 0 Å². The fourth-order valence-corrected chi connectivity index (χ4v) is 2.69. The molecule has 6 nitrogen and oxygen atoms in total. The fourth-order valence-electron chi connectivity index (χ4n) is 1.84. The van der Waals surface area contributed by atoms with Crippen LogP contribution in [0.3, 0.4) is 0 Å². The van der Waals surface area contributed by atoms with Gasteiger partial charge >= 0.3 is 6.18 Å². The number of likely N-dealkylation sites (N-methyl/N-ethyl adjacent to an activating group) is 1. The average Bonchev–Trinajstić information content (AvgIpc) is 2.42. The Morgan fingerprint density at radius 2 is 1.88 bits per heavy atom. The summed E-state index contributed by atoms with van der Waals surface area (Å²) in [5.74, 6) is -0.598. The SMILES string of the molecule is CN(C)CCNC(=O)CN(c1cccc(C(F)(F)F)c1)S(C)(=O)=O. The Balaban J connectivity index is 2.97. The van der Waals surface area contributed by atoms with Crippen molar-refractivity contribution >= 4 is 21.6 Å². The number of carbonyl (C=O) groups is 1. The standard InChI is InChI=1S/C14H20F3N3O3S/c1-19(2)8-7-18-13(21)10-20(24(3,22)23)12-6-4-5-11(9-12)14(15,16)17/h4-6,9H,7-8,10H2,1-3H3,(H,18,21). The van der Waals surface area contributed by atoms with Gasteiger partial charge in [0.05, 0.1) is 17.5 Å². The Hall–Kier alpha value is -1.81. The van der Waals surface area contributed by atoms with Crippen LogP contribution < -0.4 is 9.62 Å². The molecule has 0 aromatic heterocycles. The fraction of sp³-hybridized carbons (Fsp3) is 0.500. The zero-order chi connectivity index (χ0) is 18.5. The van der Waals surface area contributed by atoms with Crippen LogP contribution in [-0.4, -0.2) is 59.2 Å². The largest absolute Gasteiger partial charge is 0.416 e. The highest BCUT2D eigenvalue weighted by Crippen LogP contribution is 2.32. The maximum Gasteiger partial charge on any atom is 0.416 e. The predicted molar refractivity (Wildman–Crippen MR) is 85.2 cm³/mol. The molecule has 0 aliphatic heterocycles. The summed E-state index contributed by atoms with van der Waals surface area (Å²) in [5, 5.41) is 2.52. The van der Waals surface area contributed by atoms with Crippen LogP contribution in [0.1, 0.15) is 5.56 Å². The van der Waals surface area contributed by atoms with Gasteiger partial charge in [0.25, 0.3) is 0 Å². The molecule has 0 saturated heterocycles. The van der Waals surface area contributed by atoms with Crippen molar-refractivity contribution in [2.24, 2.45) is 0 Å². The second-order valence-corrected chi connectivity index (χ2v) is 7.38. The van der Waals surface area contributed by atoms with Crippen molar-refractivity contribution in [3.63, 3.8) is 0 Å². The van der Waals surface area contributed by atoms with Crippen LogP contribution in [0.15, 0.2) is 24.3 Å². The lowest BCUT2D eigenvalue weighted by Crippen LogP contribution is -2.42. The Labute approximate surface area is 139 Å². The number of alkyl halides is 3. The van der Waals surface area contributed by atoms with Gasteiger partial charge in [0.2, 0.25) is 15.9 Å². The van der Waals surface area contributed by atoms with Crippen molar-refractivity contribution in [3.05, 3.63) is 29.8 Å². The van der Waals surface area contributed by atoms with Crippen LogP contribution >= 0.6 is 0 Å². The third-order valence-electron chi connectivity index (χ3n) is 3.03. The highest BCUT2D eigenvalue weighted by atomic mass is 32.2. The molecular formula is C14H20F3N3O3S. The van der Waals surface area contributed by atoms with E-state index in [0.717, 1.165) is 18.4 Å². The zero-order valence-electron chi connectivity index (χ0n) is 13.6. The molecule has 1 aromatic carbocycles. The van der Waals surface area contributed by atoms with Gasteiger partial charge < -0.3 is 10.2 Å². The van der Waals surface area contributed by atoms with E-state index in [1.165, 1.54) is 6.07 Å². The highest BCUT2D eigenvalue weighted by Gasteiger charge is 2.31. The molecule has 1 N–H and O–H groups in total. The van der Waals surface area contributed by atoms with Crippen LogP contribution in [0, 0.1) is 0 Å². The summed E-state index contributed by atoms with van der Waals surface area (Å²) in [6.45, 7) is 0.258. The molecular weight excluding hydrogens is 347 g/mol. The molecule has 1 rings (SSSR count). The Kier molecular flexibility index (Phi) is 6.61. The van der Waals surface area contributed by atoms with Crippen molar-refractivity contribution in [2.75, 3.05) is 44.3 Å². The summed E-state index contributed by atoms with van der Waals surface area (Å²) < 4.78 is 62.7. The average molecular weight is 367 g/mol. The first kappa shape index (κ1) is 20.2. The maximum atomic E-state index is 12.8. The normalized spacial score (nSPS) is 12.3. The summed E-state index contributed by atoms with van der Waals surface area (Å²) >= 11 is 0. The van der Waals surface area contributed by atoms with Gasteiger partial charge in [-0.25, -0.2) is 8.42 Å². The zero-order valence-corrected chi connectivity index (χ0v) is 14.4. The topological polar surface area (TPSA) is 69.7 Å². The van der Waals surface area contributed by atoms with Gasteiger partial charge in [0.1, 0.15) is 6.54 Å². The lowest BCUT2D eigenvalue weighted by atomic mass is 10.2. The molecule has 0 fully saturated rings. The van der Waals surface area contributed by atoms with Crippen molar-refractivity contribution < 1.29 is 26.4 Å². The van der Waals surface area contributed by atoms with Gasteiger partial charge in [-0.3, -0.25) is 9.10 Å². The maximum absolute atomic E-state index is 12.8. The van der Waals surface area contributed by atoms with Crippen molar-refractivity contribution in [1.82, 2.24) is 10.2 Å². The van der Waals surface area contributed by atoms with E-state index in [1.807, 2.05) is 4.90 Å². The van der Waals surface area contributed by atoms with Gasteiger partial charge in [0, 0.05) is 13.1 Å². The first-order valence-electron chi connectivity index (χ1n) is 6.97. The lowest BCUT2D eigenvalue weighted by molar-refractivity contribution is -0.137. The number of halogens is 3. The van der Waals surface area contributed by atoms with Crippen LogP contribution in [-0.2, 0) is 21.0 Å². The molecule has 0 heterocycles. The quantitative estimate of drug-likeness (QED) is 0.785. The number of hydrogen-bond donors (Lipinski definition) is 1. The highest BCUT2D eigenvalue weighted by molar-refractivity contribution is 7.92. The molecule has 0 spiro atoms. The summed E-state index contributed by atoms with van der Waals surface area (Å²) in [5.41, 5.74) is -1.20.